The van der Waals surface area contributed by atoms with Crippen molar-refractivity contribution in [1.82, 2.24) is 9.47 Å². The van der Waals surface area contributed by atoms with Crippen LogP contribution in [-0.2, 0) is 6.54 Å². The Balaban J connectivity index is 1.84. The van der Waals surface area contributed by atoms with E-state index < -0.39 is 5.97 Å². The predicted octanol–water partition coefficient (Wildman–Crippen LogP) is 4.59. The quantitative estimate of drug-likeness (QED) is 0.664. The van der Waals surface area contributed by atoms with Crippen molar-refractivity contribution in [3.05, 3.63) is 82.1 Å². The number of carboxylic acids is 1. The molecule has 0 aliphatic carbocycles. The first kappa shape index (κ1) is 20.5. The molecule has 1 amide bonds. The molecule has 0 aliphatic heterocycles. The van der Waals surface area contributed by atoms with E-state index in [1.807, 2.05) is 38.1 Å². The zero-order valence-electron chi connectivity index (χ0n) is 17.4. The molecule has 1 atom stereocenters. The fraction of sp³-hybridized carbons (Fsp3) is 0.304. The van der Waals surface area contributed by atoms with Gasteiger partial charge < -0.3 is 19.0 Å². The Hall–Kier alpha value is -3.28. The Morgan fingerprint density at radius 2 is 1.76 bits per heavy atom. The summed E-state index contributed by atoms with van der Waals surface area (Å²) < 4.78 is 7.67. The van der Waals surface area contributed by atoms with E-state index in [1.54, 1.807) is 18.9 Å². The van der Waals surface area contributed by atoms with E-state index in [1.165, 1.54) is 11.6 Å². The monoisotopic (exact) mass is 394 g/mol. The summed E-state index contributed by atoms with van der Waals surface area (Å²) in [4.78, 5) is 25.8. The van der Waals surface area contributed by atoms with Crippen LogP contribution in [0.1, 0.15) is 62.2 Å². The van der Waals surface area contributed by atoms with Crippen LogP contribution < -0.4 is 0 Å². The highest BCUT2D eigenvalue weighted by Gasteiger charge is 2.23. The summed E-state index contributed by atoms with van der Waals surface area (Å²) in [6.07, 6.45) is 0. The first-order valence-electron chi connectivity index (χ1n) is 9.52. The van der Waals surface area contributed by atoms with Gasteiger partial charge in [-0.2, -0.15) is 0 Å². The molecule has 0 bridgehead atoms. The molecule has 152 valence electrons. The lowest BCUT2D eigenvalue weighted by Crippen LogP contribution is -2.26. The lowest BCUT2D eigenvalue weighted by molar-refractivity contribution is 0.0694. The van der Waals surface area contributed by atoms with Crippen LogP contribution in [0.2, 0.25) is 0 Å². The first-order valence-corrected chi connectivity index (χ1v) is 9.52. The van der Waals surface area contributed by atoms with Gasteiger partial charge in [0.1, 0.15) is 17.1 Å². The van der Waals surface area contributed by atoms with Gasteiger partial charge in [0, 0.05) is 18.4 Å². The van der Waals surface area contributed by atoms with E-state index in [-0.39, 0.29) is 24.1 Å². The summed E-state index contributed by atoms with van der Waals surface area (Å²) in [6, 6.07) is 13.7. The number of carbonyl (C=O) groups excluding carboxylic acids is 1. The number of aromatic nitrogens is 1. The van der Waals surface area contributed by atoms with Gasteiger partial charge in [0.2, 0.25) is 0 Å². The number of hydrogen-bond donors (Lipinski definition) is 1. The number of benzene rings is 1. The van der Waals surface area contributed by atoms with E-state index in [9.17, 15) is 14.7 Å². The highest BCUT2D eigenvalue weighted by molar-refractivity contribution is 5.95. The summed E-state index contributed by atoms with van der Waals surface area (Å²) in [5.74, 6) is -0.383. The fourth-order valence-electron chi connectivity index (χ4n) is 3.82. The second kappa shape index (κ2) is 7.99. The van der Waals surface area contributed by atoms with Crippen LogP contribution in [0.5, 0.6) is 0 Å². The number of nitrogens with zero attached hydrogens (tertiary/aromatic N) is 2. The Bertz CT molecular complexity index is 1050. The van der Waals surface area contributed by atoms with Gasteiger partial charge in [0.15, 0.2) is 0 Å². The molecule has 0 spiro atoms. The minimum atomic E-state index is -1.04. The molecule has 0 aliphatic rings. The number of aryl methyl sites for hydroxylation is 2. The number of furan rings is 1. The number of amides is 1. The standard InChI is InChI=1S/C23H26N2O4/c1-14-11-20(16(3)25(14)15(2)18-9-7-6-8-10-18)22(26)24(5)13-19-12-21(23(27)28)17(4)29-19/h6-12,15H,13H2,1-5H3,(H,27,28). The maximum atomic E-state index is 13.1. The molecule has 29 heavy (non-hydrogen) atoms. The Kier molecular flexibility index (Phi) is 5.64. The summed E-state index contributed by atoms with van der Waals surface area (Å²) in [7, 11) is 1.69. The Labute approximate surface area is 170 Å². The van der Waals surface area contributed by atoms with Crippen molar-refractivity contribution < 1.29 is 19.1 Å². The Morgan fingerprint density at radius 1 is 1.10 bits per heavy atom. The number of aromatic carboxylic acids is 1. The number of carboxylic acid groups (broad SMARTS) is 1. The molecule has 3 rings (SSSR count). The van der Waals surface area contributed by atoms with Crippen LogP contribution in [0, 0.1) is 20.8 Å². The number of rotatable bonds is 6. The minimum absolute atomic E-state index is 0.105. The topological polar surface area (TPSA) is 75.7 Å². The third-order valence-electron chi connectivity index (χ3n) is 5.32. The van der Waals surface area contributed by atoms with E-state index in [2.05, 4.69) is 23.6 Å². The van der Waals surface area contributed by atoms with Crippen LogP contribution in [0.3, 0.4) is 0 Å². The molecular formula is C23H26N2O4. The lowest BCUT2D eigenvalue weighted by Gasteiger charge is -2.20. The molecule has 0 saturated heterocycles. The van der Waals surface area contributed by atoms with Gasteiger partial charge in [-0.25, -0.2) is 4.79 Å². The second-order valence-corrected chi connectivity index (χ2v) is 7.39. The Morgan fingerprint density at radius 3 is 2.34 bits per heavy atom. The molecule has 6 heteroatoms. The fourth-order valence-corrected chi connectivity index (χ4v) is 3.82. The van der Waals surface area contributed by atoms with Gasteiger partial charge in [-0.1, -0.05) is 30.3 Å². The molecule has 2 aromatic heterocycles. The third kappa shape index (κ3) is 3.97. The van der Waals surface area contributed by atoms with Crippen LogP contribution in [-0.4, -0.2) is 33.5 Å². The third-order valence-corrected chi connectivity index (χ3v) is 5.32. The summed E-state index contributed by atoms with van der Waals surface area (Å²) in [6.45, 7) is 7.87. The van der Waals surface area contributed by atoms with E-state index >= 15 is 0 Å². The largest absolute Gasteiger partial charge is 0.478 e. The molecule has 1 N–H and O–H groups in total. The van der Waals surface area contributed by atoms with Gasteiger partial charge in [-0.15, -0.1) is 0 Å². The zero-order valence-corrected chi connectivity index (χ0v) is 17.4. The van der Waals surface area contributed by atoms with Gasteiger partial charge in [0.25, 0.3) is 5.91 Å². The second-order valence-electron chi connectivity index (χ2n) is 7.39. The maximum absolute atomic E-state index is 13.1. The van der Waals surface area contributed by atoms with Crippen molar-refractivity contribution >= 4 is 11.9 Å². The van der Waals surface area contributed by atoms with Crippen molar-refractivity contribution in [1.29, 1.82) is 0 Å². The van der Waals surface area contributed by atoms with E-state index in [0.29, 0.717) is 17.1 Å². The summed E-state index contributed by atoms with van der Waals surface area (Å²) in [5, 5.41) is 9.17. The van der Waals surface area contributed by atoms with E-state index in [4.69, 9.17) is 4.42 Å². The zero-order chi connectivity index (χ0) is 21.3. The smallest absolute Gasteiger partial charge is 0.339 e. The van der Waals surface area contributed by atoms with Gasteiger partial charge >= 0.3 is 5.97 Å². The van der Waals surface area contributed by atoms with Crippen LogP contribution in [0.25, 0.3) is 0 Å². The lowest BCUT2D eigenvalue weighted by atomic mass is 10.1. The molecule has 1 aromatic carbocycles. The minimum Gasteiger partial charge on any atom is -0.478 e. The van der Waals surface area contributed by atoms with Crippen molar-refractivity contribution in [3.8, 4) is 0 Å². The summed E-state index contributed by atoms with van der Waals surface area (Å²) in [5.41, 5.74) is 3.84. The maximum Gasteiger partial charge on any atom is 0.339 e. The highest BCUT2D eigenvalue weighted by Crippen LogP contribution is 2.26. The average molecular weight is 394 g/mol. The molecule has 2 heterocycles. The van der Waals surface area contributed by atoms with Crippen molar-refractivity contribution in [3.63, 3.8) is 0 Å². The molecule has 3 aromatic rings. The average Bonchev–Trinajstić information content (AvgIpc) is 3.20. The van der Waals surface area contributed by atoms with Crippen LogP contribution in [0.15, 0.2) is 46.9 Å². The van der Waals surface area contributed by atoms with Gasteiger partial charge in [0.05, 0.1) is 18.2 Å². The van der Waals surface area contributed by atoms with Crippen LogP contribution in [0.4, 0.5) is 0 Å². The van der Waals surface area contributed by atoms with E-state index in [0.717, 1.165) is 11.4 Å². The molecule has 6 nitrogen and oxygen atoms in total. The van der Waals surface area contributed by atoms with Crippen molar-refractivity contribution in [2.75, 3.05) is 7.05 Å². The first-order chi connectivity index (χ1) is 13.7. The number of hydrogen-bond acceptors (Lipinski definition) is 3. The van der Waals surface area contributed by atoms with Gasteiger partial charge in [-0.3, -0.25) is 4.79 Å². The molecular weight excluding hydrogens is 368 g/mol. The molecule has 0 fully saturated rings. The van der Waals surface area contributed by atoms with Crippen LogP contribution >= 0.6 is 0 Å². The van der Waals surface area contributed by atoms with Crippen molar-refractivity contribution in [2.24, 2.45) is 0 Å². The molecule has 1 unspecified atom stereocenters. The van der Waals surface area contributed by atoms with Gasteiger partial charge in [-0.05, 0) is 45.4 Å². The summed E-state index contributed by atoms with van der Waals surface area (Å²) >= 11 is 0. The highest BCUT2D eigenvalue weighted by atomic mass is 16.4. The van der Waals surface area contributed by atoms with Crippen molar-refractivity contribution in [2.45, 2.75) is 40.3 Å². The SMILES string of the molecule is Cc1oc(CN(C)C(=O)c2cc(C)n(C(C)c3ccccc3)c2C)cc1C(=O)O. The molecule has 0 saturated carbocycles. The normalized spacial score (nSPS) is 12.0. The number of carbonyl (C=O) groups is 2. The molecule has 0 radical (unpaired) electrons. The predicted molar refractivity (Wildman–Crippen MR) is 110 cm³/mol.